The molecule has 1 saturated heterocycles. The smallest absolute Gasteiger partial charge is 0.319 e. The van der Waals surface area contributed by atoms with Crippen LogP contribution in [0.1, 0.15) is 25.5 Å². The van der Waals surface area contributed by atoms with E-state index in [4.69, 9.17) is 4.74 Å². The number of rotatable bonds is 3. The van der Waals surface area contributed by atoms with Crippen molar-refractivity contribution in [3.63, 3.8) is 0 Å². The third kappa shape index (κ3) is 2.89. The van der Waals surface area contributed by atoms with Crippen molar-refractivity contribution in [2.45, 2.75) is 38.8 Å². The number of ether oxygens (including phenoxy) is 1. The first-order valence-corrected chi connectivity index (χ1v) is 7.53. The van der Waals surface area contributed by atoms with Gasteiger partial charge in [-0.15, -0.1) is 0 Å². The van der Waals surface area contributed by atoms with Crippen molar-refractivity contribution in [3.8, 4) is 0 Å². The highest BCUT2D eigenvalue weighted by atomic mass is 16.5. The minimum absolute atomic E-state index is 0.0145. The fourth-order valence-electron chi connectivity index (χ4n) is 2.84. The summed E-state index contributed by atoms with van der Waals surface area (Å²) in [5.74, 6) is 0. The molecule has 2 aromatic rings. The summed E-state index contributed by atoms with van der Waals surface area (Å²) in [6.45, 7) is 4.66. The highest BCUT2D eigenvalue weighted by molar-refractivity contribution is 5.92. The molecular weight excluding hydrogens is 282 g/mol. The van der Waals surface area contributed by atoms with Gasteiger partial charge in [0.2, 0.25) is 0 Å². The van der Waals surface area contributed by atoms with Crippen LogP contribution in [0.25, 0.3) is 11.0 Å². The van der Waals surface area contributed by atoms with Crippen molar-refractivity contribution < 1.29 is 9.53 Å². The zero-order valence-electron chi connectivity index (χ0n) is 13.1. The summed E-state index contributed by atoms with van der Waals surface area (Å²) in [6, 6.07) is 1.63. The van der Waals surface area contributed by atoms with Gasteiger partial charge in [-0.2, -0.15) is 5.10 Å². The lowest BCUT2D eigenvalue weighted by molar-refractivity contribution is 0.0868. The number of pyridine rings is 1. The van der Waals surface area contributed by atoms with Crippen LogP contribution in [0.15, 0.2) is 12.3 Å². The predicted molar refractivity (Wildman–Crippen MR) is 83.8 cm³/mol. The van der Waals surface area contributed by atoms with E-state index in [1.54, 1.807) is 10.9 Å². The summed E-state index contributed by atoms with van der Waals surface area (Å²) in [5.41, 5.74) is 2.35. The van der Waals surface area contributed by atoms with Crippen LogP contribution < -0.4 is 10.6 Å². The summed E-state index contributed by atoms with van der Waals surface area (Å²) in [7, 11) is 1.85. The van der Waals surface area contributed by atoms with E-state index >= 15 is 0 Å². The molecule has 0 bridgehead atoms. The first kappa shape index (κ1) is 14.8. The molecule has 118 valence electrons. The molecule has 2 N–H and O–H groups in total. The maximum atomic E-state index is 12.1. The molecule has 2 amide bonds. The number of aryl methyl sites for hydroxylation is 2. The number of carbonyl (C=O) groups excluding carboxylic acids is 1. The molecule has 1 fully saturated rings. The molecule has 0 saturated carbocycles. The van der Waals surface area contributed by atoms with Crippen LogP contribution >= 0.6 is 0 Å². The van der Waals surface area contributed by atoms with Crippen LogP contribution in [0.2, 0.25) is 0 Å². The Bertz CT molecular complexity index is 691. The van der Waals surface area contributed by atoms with Crippen molar-refractivity contribution in [2.75, 3.05) is 11.9 Å². The van der Waals surface area contributed by atoms with Gasteiger partial charge in [-0.05, 0) is 32.8 Å². The summed E-state index contributed by atoms with van der Waals surface area (Å²) in [6.07, 6.45) is 3.79. The Balaban J connectivity index is 1.67. The monoisotopic (exact) mass is 303 g/mol. The number of hydrogen-bond donors (Lipinski definition) is 2. The second-order valence-corrected chi connectivity index (χ2v) is 5.74. The van der Waals surface area contributed by atoms with Crippen molar-refractivity contribution in [1.29, 1.82) is 0 Å². The van der Waals surface area contributed by atoms with E-state index in [2.05, 4.69) is 20.7 Å². The quantitative estimate of drug-likeness (QED) is 0.908. The van der Waals surface area contributed by atoms with Gasteiger partial charge in [0.15, 0.2) is 5.65 Å². The molecule has 7 heteroatoms. The predicted octanol–water partition coefficient (Wildman–Crippen LogP) is 1.97. The molecular formula is C15H21N5O2. The van der Waals surface area contributed by atoms with Crippen molar-refractivity contribution in [1.82, 2.24) is 20.1 Å². The Morgan fingerprint density at radius 2 is 2.36 bits per heavy atom. The molecule has 2 aromatic heterocycles. The van der Waals surface area contributed by atoms with E-state index in [-0.39, 0.29) is 18.2 Å². The van der Waals surface area contributed by atoms with Gasteiger partial charge in [0.25, 0.3) is 0 Å². The lowest BCUT2D eigenvalue weighted by atomic mass is 10.1. The van der Waals surface area contributed by atoms with Gasteiger partial charge in [-0.1, -0.05) is 0 Å². The van der Waals surface area contributed by atoms with E-state index in [1.165, 1.54) is 0 Å². The standard InChI is InChI=1S/C15H21N5O2/c1-9-12-7-11(8-16-14(12)20(3)19-9)18-15(21)17-10(2)13-5-4-6-22-13/h7-8,10,13H,4-6H2,1-3H3,(H2,17,18,21)/t10-,13+/m1/s1. The highest BCUT2D eigenvalue weighted by Gasteiger charge is 2.23. The number of hydrogen-bond acceptors (Lipinski definition) is 4. The molecule has 22 heavy (non-hydrogen) atoms. The first-order valence-electron chi connectivity index (χ1n) is 7.53. The molecule has 7 nitrogen and oxygen atoms in total. The molecule has 0 unspecified atom stereocenters. The van der Waals surface area contributed by atoms with Crippen LogP contribution in [0.5, 0.6) is 0 Å². The number of amides is 2. The third-order valence-corrected chi connectivity index (χ3v) is 4.00. The largest absolute Gasteiger partial charge is 0.376 e. The fourth-order valence-corrected chi connectivity index (χ4v) is 2.84. The van der Waals surface area contributed by atoms with Gasteiger partial charge < -0.3 is 15.4 Å². The van der Waals surface area contributed by atoms with Gasteiger partial charge >= 0.3 is 6.03 Å². The molecule has 3 heterocycles. The second-order valence-electron chi connectivity index (χ2n) is 5.74. The number of urea groups is 1. The van der Waals surface area contributed by atoms with E-state index < -0.39 is 0 Å². The number of nitrogens with one attached hydrogen (secondary N) is 2. The molecule has 0 aromatic carbocycles. The Labute approximate surface area is 129 Å². The van der Waals surface area contributed by atoms with Gasteiger partial charge in [0.1, 0.15) is 0 Å². The molecule has 0 radical (unpaired) electrons. The van der Waals surface area contributed by atoms with Crippen LogP contribution in [0.4, 0.5) is 10.5 Å². The fraction of sp³-hybridized carbons (Fsp3) is 0.533. The Morgan fingerprint density at radius 3 is 3.09 bits per heavy atom. The lowest BCUT2D eigenvalue weighted by Gasteiger charge is -2.20. The minimum Gasteiger partial charge on any atom is -0.376 e. The van der Waals surface area contributed by atoms with Crippen LogP contribution in [-0.4, -0.2) is 39.5 Å². The first-order chi connectivity index (χ1) is 10.5. The zero-order chi connectivity index (χ0) is 15.7. The zero-order valence-corrected chi connectivity index (χ0v) is 13.1. The minimum atomic E-state index is -0.245. The number of anilines is 1. The molecule has 1 aliphatic heterocycles. The summed E-state index contributed by atoms with van der Waals surface area (Å²) < 4.78 is 7.31. The lowest BCUT2D eigenvalue weighted by Crippen LogP contribution is -2.42. The number of fused-ring (bicyclic) bond motifs is 1. The Morgan fingerprint density at radius 1 is 1.55 bits per heavy atom. The number of nitrogens with zero attached hydrogens (tertiary/aromatic N) is 3. The molecule has 0 spiro atoms. The molecule has 1 aliphatic rings. The molecule has 2 atom stereocenters. The summed E-state index contributed by atoms with van der Waals surface area (Å²) >= 11 is 0. The van der Waals surface area contributed by atoms with E-state index in [1.807, 2.05) is 27.0 Å². The van der Waals surface area contributed by atoms with Crippen LogP contribution in [0.3, 0.4) is 0 Å². The van der Waals surface area contributed by atoms with Crippen molar-refractivity contribution >= 4 is 22.8 Å². The SMILES string of the molecule is Cc1nn(C)c2ncc(NC(=O)N[C@H](C)[C@@H]3CCCO3)cc12. The van der Waals surface area contributed by atoms with E-state index in [0.717, 1.165) is 36.2 Å². The van der Waals surface area contributed by atoms with E-state index in [9.17, 15) is 4.79 Å². The van der Waals surface area contributed by atoms with Crippen molar-refractivity contribution in [3.05, 3.63) is 18.0 Å². The molecule has 3 rings (SSSR count). The number of carbonyl (C=O) groups is 1. The van der Waals surface area contributed by atoms with Gasteiger partial charge in [-0.3, -0.25) is 4.68 Å². The average Bonchev–Trinajstić information content (AvgIpc) is 3.08. The third-order valence-electron chi connectivity index (χ3n) is 4.00. The normalized spacial score (nSPS) is 19.3. The summed E-state index contributed by atoms with van der Waals surface area (Å²) in [5, 5.41) is 11.0. The van der Waals surface area contributed by atoms with Crippen LogP contribution in [0, 0.1) is 6.92 Å². The van der Waals surface area contributed by atoms with Crippen molar-refractivity contribution in [2.24, 2.45) is 7.05 Å². The summed E-state index contributed by atoms with van der Waals surface area (Å²) in [4.78, 5) is 16.4. The Kier molecular flexibility index (Phi) is 3.98. The topological polar surface area (TPSA) is 81.1 Å². The van der Waals surface area contributed by atoms with Gasteiger partial charge in [0, 0.05) is 19.0 Å². The second kappa shape index (κ2) is 5.92. The molecule has 0 aliphatic carbocycles. The van der Waals surface area contributed by atoms with Gasteiger partial charge in [0.05, 0.1) is 29.7 Å². The van der Waals surface area contributed by atoms with Crippen LogP contribution in [-0.2, 0) is 11.8 Å². The maximum absolute atomic E-state index is 12.1. The highest BCUT2D eigenvalue weighted by Crippen LogP contribution is 2.19. The van der Waals surface area contributed by atoms with E-state index in [0.29, 0.717) is 5.69 Å². The average molecular weight is 303 g/mol. The maximum Gasteiger partial charge on any atom is 0.319 e. The Hall–Kier alpha value is -2.15. The number of aromatic nitrogens is 3. The van der Waals surface area contributed by atoms with Gasteiger partial charge in [-0.25, -0.2) is 9.78 Å².